The third-order valence-electron chi connectivity index (χ3n) is 2.00. The van der Waals surface area contributed by atoms with E-state index in [0.29, 0.717) is 0 Å². The number of carbonyl (C=O) groups is 2. The molecule has 0 aromatic heterocycles. The molecule has 94 valence electrons. The largest absolute Gasteiger partial charge is 0.480 e. The number of nitrogens with one attached hydrogen (secondary N) is 1. The summed E-state index contributed by atoms with van der Waals surface area (Å²) >= 11 is 0. The molecule has 16 heavy (non-hydrogen) atoms. The molecule has 0 aromatic carbocycles. The summed E-state index contributed by atoms with van der Waals surface area (Å²) in [6.07, 6.45) is 0. The summed E-state index contributed by atoms with van der Waals surface area (Å²) in [5.41, 5.74) is 0. The number of aliphatic carboxylic acids is 1. The van der Waals surface area contributed by atoms with Crippen LogP contribution >= 0.6 is 0 Å². The Labute approximate surface area is 95.0 Å². The molecular formula is C9H17NO5S. The van der Waals surface area contributed by atoms with Crippen LogP contribution in [0.5, 0.6) is 0 Å². The van der Waals surface area contributed by atoms with Gasteiger partial charge in [-0.15, -0.1) is 0 Å². The molecule has 0 aliphatic carbocycles. The molecule has 2 N–H and O–H groups in total. The van der Waals surface area contributed by atoms with E-state index in [4.69, 9.17) is 5.11 Å². The molecule has 0 fully saturated rings. The lowest BCUT2D eigenvalue weighted by molar-refractivity contribution is -0.140. The summed E-state index contributed by atoms with van der Waals surface area (Å²) in [5, 5.41) is 10.6. The Kier molecular flexibility index (Phi) is 4.48. The highest BCUT2D eigenvalue weighted by atomic mass is 32.2. The van der Waals surface area contributed by atoms with Gasteiger partial charge in [0.25, 0.3) is 0 Å². The normalized spacial score (nSPS) is 14.2. The Balaban J connectivity index is 4.55. The lowest BCUT2D eigenvalue weighted by Crippen LogP contribution is -2.44. The summed E-state index contributed by atoms with van der Waals surface area (Å²) in [4.78, 5) is 21.7. The highest BCUT2D eigenvalue weighted by molar-refractivity contribution is 7.93. The number of sulfone groups is 1. The van der Waals surface area contributed by atoms with Crippen LogP contribution in [0.15, 0.2) is 0 Å². The Morgan fingerprint density at radius 1 is 1.31 bits per heavy atom. The topological polar surface area (TPSA) is 101 Å². The van der Waals surface area contributed by atoms with E-state index in [9.17, 15) is 18.0 Å². The van der Waals surface area contributed by atoms with Crippen LogP contribution in [0.3, 0.4) is 0 Å². The molecule has 0 saturated heterocycles. The van der Waals surface area contributed by atoms with E-state index in [1.165, 1.54) is 27.7 Å². The zero-order chi connectivity index (χ0) is 13.1. The third kappa shape index (κ3) is 4.18. The van der Waals surface area contributed by atoms with Crippen molar-refractivity contribution in [3.63, 3.8) is 0 Å². The predicted octanol–water partition coefficient (Wildman–Crippen LogP) is -0.211. The van der Waals surface area contributed by atoms with Gasteiger partial charge in [-0.2, -0.15) is 0 Å². The minimum atomic E-state index is -3.57. The molecular weight excluding hydrogens is 234 g/mol. The quantitative estimate of drug-likeness (QED) is 0.720. The van der Waals surface area contributed by atoms with Crippen LogP contribution in [0.25, 0.3) is 0 Å². The van der Waals surface area contributed by atoms with Crippen LogP contribution in [0.4, 0.5) is 0 Å². The van der Waals surface area contributed by atoms with E-state index in [2.05, 4.69) is 5.32 Å². The van der Waals surface area contributed by atoms with Crippen molar-refractivity contribution in [2.45, 2.75) is 38.5 Å². The second kappa shape index (κ2) is 4.82. The summed E-state index contributed by atoms with van der Waals surface area (Å²) < 4.78 is 22.2. The highest BCUT2D eigenvalue weighted by Gasteiger charge is 2.31. The van der Waals surface area contributed by atoms with Gasteiger partial charge in [0.05, 0.1) is 4.75 Å². The van der Waals surface area contributed by atoms with Crippen molar-refractivity contribution in [1.29, 1.82) is 0 Å². The first-order chi connectivity index (χ1) is 6.97. The molecule has 0 rings (SSSR count). The van der Waals surface area contributed by atoms with Crippen LogP contribution in [-0.2, 0) is 19.4 Å². The van der Waals surface area contributed by atoms with Gasteiger partial charge in [0.1, 0.15) is 11.8 Å². The van der Waals surface area contributed by atoms with E-state index in [0.717, 1.165) is 0 Å². The maximum absolute atomic E-state index is 11.6. The minimum Gasteiger partial charge on any atom is -0.480 e. The van der Waals surface area contributed by atoms with Crippen LogP contribution in [0.1, 0.15) is 27.7 Å². The first-order valence-electron chi connectivity index (χ1n) is 4.72. The van der Waals surface area contributed by atoms with Gasteiger partial charge in [0, 0.05) is 0 Å². The molecule has 6 nitrogen and oxygen atoms in total. The predicted molar refractivity (Wildman–Crippen MR) is 58.8 cm³/mol. The average molecular weight is 251 g/mol. The van der Waals surface area contributed by atoms with E-state index in [-0.39, 0.29) is 0 Å². The van der Waals surface area contributed by atoms with Crippen molar-refractivity contribution >= 4 is 21.7 Å². The first-order valence-corrected chi connectivity index (χ1v) is 6.37. The SMILES string of the molecule is C[C@@H](NC(=O)CS(=O)(=O)C(C)(C)C)C(=O)O. The zero-order valence-electron chi connectivity index (χ0n) is 9.77. The molecule has 7 heteroatoms. The first kappa shape index (κ1) is 14.9. The van der Waals surface area contributed by atoms with Gasteiger partial charge in [0.15, 0.2) is 9.84 Å². The fraction of sp³-hybridized carbons (Fsp3) is 0.778. The van der Waals surface area contributed by atoms with Crippen LogP contribution < -0.4 is 5.32 Å². The lowest BCUT2D eigenvalue weighted by atomic mass is 10.3. The highest BCUT2D eigenvalue weighted by Crippen LogP contribution is 2.15. The molecule has 0 heterocycles. The number of carboxylic acid groups (broad SMARTS) is 1. The Morgan fingerprint density at radius 2 is 1.75 bits per heavy atom. The third-order valence-corrected chi connectivity index (χ3v) is 4.51. The average Bonchev–Trinajstić information content (AvgIpc) is 1.99. The van der Waals surface area contributed by atoms with E-state index in [1.54, 1.807) is 0 Å². The molecule has 0 aliphatic rings. The summed E-state index contributed by atoms with van der Waals surface area (Å²) in [5.74, 6) is -2.71. The molecule has 0 radical (unpaired) electrons. The zero-order valence-corrected chi connectivity index (χ0v) is 10.6. The second-order valence-electron chi connectivity index (χ2n) is 4.50. The summed E-state index contributed by atoms with van der Waals surface area (Å²) in [6, 6.07) is -1.09. The Bertz CT molecular complexity index is 379. The van der Waals surface area contributed by atoms with Gasteiger partial charge in [-0.25, -0.2) is 8.42 Å². The van der Waals surface area contributed by atoms with Crippen molar-refractivity contribution in [3.05, 3.63) is 0 Å². The van der Waals surface area contributed by atoms with Crippen molar-refractivity contribution in [1.82, 2.24) is 5.32 Å². The van der Waals surface area contributed by atoms with Crippen LogP contribution in [0.2, 0.25) is 0 Å². The molecule has 1 amide bonds. The standard InChI is InChI=1S/C9H17NO5S/c1-6(8(12)13)10-7(11)5-16(14,15)9(2,3)4/h6H,5H2,1-4H3,(H,10,11)(H,12,13)/t6-/m1/s1. The number of hydrogen-bond acceptors (Lipinski definition) is 4. The van der Waals surface area contributed by atoms with Gasteiger partial charge in [-0.05, 0) is 27.7 Å². The van der Waals surface area contributed by atoms with Crippen molar-refractivity contribution in [2.24, 2.45) is 0 Å². The van der Waals surface area contributed by atoms with Gasteiger partial charge in [-0.3, -0.25) is 9.59 Å². The fourth-order valence-corrected chi connectivity index (χ4v) is 1.60. The summed E-state index contributed by atoms with van der Waals surface area (Å²) in [7, 11) is -3.57. The van der Waals surface area contributed by atoms with E-state index < -0.39 is 38.3 Å². The monoisotopic (exact) mass is 251 g/mol. The van der Waals surface area contributed by atoms with Gasteiger partial charge >= 0.3 is 5.97 Å². The maximum Gasteiger partial charge on any atom is 0.325 e. The van der Waals surface area contributed by atoms with Gasteiger partial charge in [0.2, 0.25) is 5.91 Å². The van der Waals surface area contributed by atoms with Gasteiger partial charge < -0.3 is 10.4 Å². The molecule has 0 bridgehead atoms. The summed E-state index contributed by atoms with van der Waals surface area (Å²) in [6.45, 7) is 5.71. The van der Waals surface area contributed by atoms with E-state index >= 15 is 0 Å². The molecule has 0 spiro atoms. The number of carboxylic acids is 1. The maximum atomic E-state index is 11.6. The van der Waals surface area contributed by atoms with Gasteiger partial charge in [-0.1, -0.05) is 0 Å². The molecule has 0 aromatic rings. The second-order valence-corrected chi connectivity index (χ2v) is 7.24. The molecule has 0 saturated carbocycles. The molecule has 0 unspecified atom stereocenters. The number of carbonyl (C=O) groups excluding carboxylic acids is 1. The van der Waals surface area contributed by atoms with Crippen LogP contribution in [-0.4, -0.2) is 41.9 Å². The van der Waals surface area contributed by atoms with Crippen LogP contribution in [0, 0.1) is 0 Å². The lowest BCUT2D eigenvalue weighted by Gasteiger charge is -2.19. The Hall–Kier alpha value is -1.11. The number of rotatable bonds is 4. The van der Waals surface area contributed by atoms with E-state index in [1.807, 2.05) is 0 Å². The Morgan fingerprint density at radius 3 is 2.06 bits per heavy atom. The minimum absolute atomic E-state index is 0.700. The fourth-order valence-electron chi connectivity index (χ4n) is 0.734. The number of amides is 1. The van der Waals surface area contributed by atoms with Crippen molar-refractivity contribution in [3.8, 4) is 0 Å². The molecule has 1 atom stereocenters. The molecule has 0 aliphatic heterocycles. The van der Waals surface area contributed by atoms with Crippen molar-refractivity contribution < 1.29 is 23.1 Å². The van der Waals surface area contributed by atoms with Crippen molar-refractivity contribution in [2.75, 3.05) is 5.75 Å². The number of hydrogen-bond donors (Lipinski definition) is 2. The smallest absolute Gasteiger partial charge is 0.325 e.